The lowest BCUT2D eigenvalue weighted by Gasteiger charge is -2.25. The quantitative estimate of drug-likeness (QED) is 0.853. The molecule has 1 saturated heterocycles. The van der Waals surface area contributed by atoms with E-state index < -0.39 is 15.3 Å². The standard InChI is InChI=1S/C21H28N2O3S/c1-21(2,3)18-12-10-17(11-13-18)20-19(15-26-23(20)4)27(24,25)22-14-16-8-6-5-7-9-16/h5-13,19-20,22H,14-15H2,1-4H3. The summed E-state index contributed by atoms with van der Waals surface area (Å²) in [5.74, 6) is 0. The van der Waals surface area contributed by atoms with Crippen molar-refractivity contribution in [2.24, 2.45) is 0 Å². The molecule has 1 N–H and O–H groups in total. The molecule has 0 amide bonds. The topological polar surface area (TPSA) is 58.6 Å². The molecule has 2 atom stereocenters. The highest BCUT2D eigenvalue weighted by atomic mass is 32.2. The van der Waals surface area contributed by atoms with Crippen molar-refractivity contribution < 1.29 is 13.3 Å². The zero-order chi connectivity index (χ0) is 19.7. The molecule has 0 spiro atoms. The zero-order valence-corrected chi connectivity index (χ0v) is 17.2. The summed E-state index contributed by atoms with van der Waals surface area (Å²) >= 11 is 0. The zero-order valence-electron chi connectivity index (χ0n) is 16.3. The highest BCUT2D eigenvalue weighted by Gasteiger charge is 2.43. The van der Waals surface area contributed by atoms with Gasteiger partial charge >= 0.3 is 0 Å². The predicted octanol–water partition coefficient (Wildman–Crippen LogP) is 3.39. The number of hydrogen-bond acceptors (Lipinski definition) is 4. The molecular weight excluding hydrogens is 360 g/mol. The van der Waals surface area contributed by atoms with Gasteiger partial charge in [-0.2, -0.15) is 5.06 Å². The van der Waals surface area contributed by atoms with Crippen molar-refractivity contribution in [1.29, 1.82) is 0 Å². The Balaban J connectivity index is 1.80. The molecule has 0 saturated carbocycles. The molecule has 3 rings (SSSR count). The maximum absolute atomic E-state index is 12.9. The van der Waals surface area contributed by atoms with Crippen LogP contribution < -0.4 is 4.72 Å². The monoisotopic (exact) mass is 388 g/mol. The van der Waals surface area contributed by atoms with Crippen molar-refractivity contribution in [3.05, 3.63) is 71.3 Å². The van der Waals surface area contributed by atoms with E-state index in [0.717, 1.165) is 11.1 Å². The average molecular weight is 389 g/mol. The van der Waals surface area contributed by atoms with Crippen molar-refractivity contribution in [2.75, 3.05) is 13.7 Å². The van der Waals surface area contributed by atoms with Crippen LogP contribution in [0.2, 0.25) is 0 Å². The minimum Gasteiger partial charge on any atom is -0.297 e. The molecule has 0 radical (unpaired) electrons. The Morgan fingerprint density at radius 3 is 2.30 bits per heavy atom. The van der Waals surface area contributed by atoms with Crippen LogP contribution in [0.15, 0.2) is 54.6 Å². The number of hydrogen-bond donors (Lipinski definition) is 1. The summed E-state index contributed by atoms with van der Waals surface area (Å²) in [6.07, 6.45) is 0. The minimum absolute atomic E-state index is 0.0549. The van der Waals surface area contributed by atoms with Crippen LogP contribution in [0, 0.1) is 0 Å². The fraction of sp³-hybridized carbons (Fsp3) is 0.429. The third-order valence-corrected chi connectivity index (χ3v) is 6.76. The van der Waals surface area contributed by atoms with Crippen LogP contribution in [0.5, 0.6) is 0 Å². The lowest BCUT2D eigenvalue weighted by Crippen LogP contribution is -2.39. The lowest BCUT2D eigenvalue weighted by molar-refractivity contribution is -0.110. The number of nitrogens with zero attached hydrogens (tertiary/aromatic N) is 1. The SMILES string of the molecule is CN1OCC(S(=O)(=O)NCc2ccccc2)C1c1ccc(C(C)(C)C)cc1. The highest BCUT2D eigenvalue weighted by molar-refractivity contribution is 7.90. The first-order chi connectivity index (χ1) is 12.7. The second-order valence-electron chi connectivity index (χ2n) is 8.05. The van der Waals surface area contributed by atoms with Gasteiger partial charge in [0.25, 0.3) is 0 Å². The molecule has 146 valence electrons. The van der Waals surface area contributed by atoms with Crippen molar-refractivity contribution in [2.45, 2.75) is 44.0 Å². The van der Waals surface area contributed by atoms with Gasteiger partial charge in [0.1, 0.15) is 5.25 Å². The molecule has 1 aliphatic heterocycles. The molecule has 27 heavy (non-hydrogen) atoms. The van der Waals surface area contributed by atoms with E-state index in [2.05, 4.69) is 37.6 Å². The Hall–Kier alpha value is -1.73. The third-order valence-electron chi connectivity index (χ3n) is 5.02. The minimum atomic E-state index is -3.54. The van der Waals surface area contributed by atoms with E-state index in [1.54, 1.807) is 12.1 Å². The summed E-state index contributed by atoms with van der Waals surface area (Å²) in [6, 6.07) is 17.3. The molecule has 6 heteroatoms. The summed E-state index contributed by atoms with van der Waals surface area (Å²) in [5.41, 5.74) is 3.14. The van der Waals surface area contributed by atoms with Gasteiger partial charge in [0, 0.05) is 13.6 Å². The molecular formula is C21H28N2O3S. The average Bonchev–Trinajstić information content (AvgIpc) is 3.03. The number of hydroxylamine groups is 2. The van der Waals surface area contributed by atoms with E-state index in [1.807, 2.05) is 42.5 Å². The van der Waals surface area contributed by atoms with Gasteiger partial charge in [0.15, 0.2) is 0 Å². The number of rotatable bonds is 5. The van der Waals surface area contributed by atoms with Crippen LogP contribution in [0.3, 0.4) is 0 Å². The summed E-state index contributed by atoms with van der Waals surface area (Å²) in [4.78, 5) is 5.58. The molecule has 0 aromatic heterocycles. The molecule has 0 bridgehead atoms. The molecule has 2 aromatic rings. The van der Waals surface area contributed by atoms with E-state index in [0.29, 0.717) is 0 Å². The van der Waals surface area contributed by atoms with Crippen molar-refractivity contribution in [3.8, 4) is 0 Å². The van der Waals surface area contributed by atoms with E-state index in [1.165, 1.54) is 5.56 Å². The van der Waals surface area contributed by atoms with E-state index >= 15 is 0 Å². The normalized spacial score (nSPS) is 21.5. The van der Waals surface area contributed by atoms with Crippen LogP contribution in [0.1, 0.15) is 43.5 Å². The molecule has 1 heterocycles. The smallest absolute Gasteiger partial charge is 0.219 e. The Bertz CT molecular complexity index is 859. The van der Waals surface area contributed by atoms with Gasteiger partial charge in [-0.1, -0.05) is 75.4 Å². The number of sulfonamides is 1. The van der Waals surface area contributed by atoms with Crippen LogP contribution in [0.4, 0.5) is 0 Å². The van der Waals surface area contributed by atoms with E-state index in [9.17, 15) is 8.42 Å². The second-order valence-corrected chi connectivity index (χ2v) is 10.0. The third kappa shape index (κ3) is 4.58. The predicted molar refractivity (Wildman–Crippen MR) is 108 cm³/mol. The van der Waals surface area contributed by atoms with Crippen LogP contribution in [-0.2, 0) is 26.8 Å². The van der Waals surface area contributed by atoms with E-state index in [4.69, 9.17) is 4.84 Å². The van der Waals surface area contributed by atoms with Gasteiger partial charge in [-0.15, -0.1) is 0 Å². The molecule has 1 fully saturated rings. The van der Waals surface area contributed by atoms with E-state index in [-0.39, 0.29) is 24.6 Å². The molecule has 0 aliphatic carbocycles. The van der Waals surface area contributed by atoms with Crippen molar-refractivity contribution in [3.63, 3.8) is 0 Å². The molecule has 5 nitrogen and oxygen atoms in total. The first kappa shape index (κ1) is 20.0. The maximum Gasteiger partial charge on any atom is 0.219 e. The second kappa shape index (κ2) is 7.72. The van der Waals surface area contributed by atoms with Crippen LogP contribution >= 0.6 is 0 Å². The summed E-state index contributed by atoms with van der Waals surface area (Å²) in [5, 5.41) is 0.991. The van der Waals surface area contributed by atoms with Crippen molar-refractivity contribution >= 4 is 10.0 Å². The summed E-state index contributed by atoms with van der Waals surface area (Å²) in [7, 11) is -1.76. The Morgan fingerprint density at radius 2 is 1.70 bits per heavy atom. The number of nitrogens with one attached hydrogen (secondary N) is 1. The van der Waals surface area contributed by atoms with Gasteiger partial charge in [0.2, 0.25) is 10.0 Å². The first-order valence-electron chi connectivity index (χ1n) is 9.17. The molecule has 1 aliphatic rings. The Morgan fingerprint density at radius 1 is 1.07 bits per heavy atom. The van der Waals surface area contributed by atoms with Crippen LogP contribution in [-0.4, -0.2) is 32.4 Å². The van der Waals surface area contributed by atoms with Gasteiger partial charge < -0.3 is 0 Å². The summed E-state index contributed by atoms with van der Waals surface area (Å²) in [6.45, 7) is 6.90. The van der Waals surface area contributed by atoms with Crippen LogP contribution in [0.25, 0.3) is 0 Å². The summed E-state index contributed by atoms with van der Waals surface area (Å²) < 4.78 is 28.6. The fourth-order valence-corrected chi connectivity index (χ4v) is 4.84. The number of benzene rings is 2. The molecule has 2 unspecified atom stereocenters. The first-order valence-corrected chi connectivity index (χ1v) is 10.7. The van der Waals surface area contributed by atoms with Gasteiger partial charge in [0.05, 0.1) is 12.6 Å². The Kier molecular flexibility index (Phi) is 5.72. The maximum atomic E-state index is 12.9. The van der Waals surface area contributed by atoms with Crippen molar-refractivity contribution in [1.82, 2.24) is 9.79 Å². The Labute approximate surface area is 162 Å². The highest BCUT2D eigenvalue weighted by Crippen LogP contribution is 2.34. The lowest BCUT2D eigenvalue weighted by atomic mass is 9.86. The van der Waals surface area contributed by atoms with Gasteiger partial charge in [-0.05, 0) is 22.1 Å². The van der Waals surface area contributed by atoms with Gasteiger partial charge in [-0.25, -0.2) is 13.1 Å². The fourth-order valence-electron chi connectivity index (χ4n) is 3.35. The molecule has 2 aromatic carbocycles. The largest absolute Gasteiger partial charge is 0.297 e. The van der Waals surface area contributed by atoms with Gasteiger partial charge in [-0.3, -0.25) is 4.84 Å².